The lowest BCUT2D eigenvalue weighted by Gasteiger charge is -2.04. The van der Waals surface area contributed by atoms with Gasteiger partial charge in [0.25, 0.3) is 0 Å². The number of rotatable bonds is 2. The number of pyridine rings is 1. The molecular weight excluding hydrogens is 202 g/mol. The minimum atomic E-state index is 0.402. The lowest BCUT2D eigenvalue weighted by molar-refractivity contribution is 0.111. The van der Waals surface area contributed by atoms with E-state index >= 15 is 0 Å². The summed E-state index contributed by atoms with van der Waals surface area (Å²) in [6, 6.07) is 3.51. The quantitative estimate of drug-likeness (QED) is 0.715. The van der Waals surface area contributed by atoms with E-state index in [2.05, 4.69) is 15.0 Å². The van der Waals surface area contributed by atoms with E-state index in [1.807, 2.05) is 19.9 Å². The predicted molar refractivity (Wildman–Crippen MR) is 60.1 cm³/mol. The van der Waals surface area contributed by atoms with Gasteiger partial charge in [-0.3, -0.25) is 9.78 Å². The van der Waals surface area contributed by atoms with Crippen molar-refractivity contribution in [2.75, 3.05) is 0 Å². The van der Waals surface area contributed by atoms with Gasteiger partial charge in [0.05, 0.1) is 0 Å². The number of hydrogen-bond donors (Lipinski definition) is 0. The first kappa shape index (κ1) is 10.4. The van der Waals surface area contributed by atoms with Gasteiger partial charge in [0.15, 0.2) is 12.1 Å². The number of nitrogens with zero attached hydrogens (tertiary/aromatic N) is 3. The van der Waals surface area contributed by atoms with Crippen LogP contribution >= 0.6 is 0 Å². The predicted octanol–water partition coefficient (Wildman–Crippen LogP) is 1.97. The molecule has 0 aliphatic heterocycles. The van der Waals surface area contributed by atoms with Gasteiger partial charge < -0.3 is 0 Å². The van der Waals surface area contributed by atoms with Crippen LogP contribution in [0.25, 0.3) is 11.4 Å². The summed E-state index contributed by atoms with van der Waals surface area (Å²) < 4.78 is 0. The first-order valence-electron chi connectivity index (χ1n) is 4.92. The third kappa shape index (κ3) is 1.95. The standard InChI is InChI=1S/C12H11N3O/c1-8-6-13-4-3-11(8)12-14-9(2)5-10(7-16)15-12/h3-7H,1-2H3. The van der Waals surface area contributed by atoms with Gasteiger partial charge in [0.2, 0.25) is 0 Å². The molecule has 0 N–H and O–H groups in total. The molecule has 0 fully saturated rings. The van der Waals surface area contributed by atoms with Gasteiger partial charge in [-0.1, -0.05) is 0 Å². The van der Waals surface area contributed by atoms with E-state index in [1.54, 1.807) is 18.5 Å². The van der Waals surface area contributed by atoms with Crippen LogP contribution < -0.4 is 0 Å². The van der Waals surface area contributed by atoms with Gasteiger partial charge in [0, 0.05) is 23.7 Å². The van der Waals surface area contributed by atoms with Crippen LogP contribution in [0.5, 0.6) is 0 Å². The minimum Gasteiger partial charge on any atom is -0.296 e. The lowest BCUT2D eigenvalue weighted by atomic mass is 10.1. The molecule has 2 aromatic heterocycles. The smallest absolute Gasteiger partial charge is 0.168 e. The average molecular weight is 213 g/mol. The summed E-state index contributed by atoms with van der Waals surface area (Å²) in [5, 5.41) is 0. The average Bonchev–Trinajstić information content (AvgIpc) is 2.28. The molecule has 16 heavy (non-hydrogen) atoms. The fourth-order valence-electron chi connectivity index (χ4n) is 1.50. The second-order valence-corrected chi connectivity index (χ2v) is 3.57. The molecule has 4 heteroatoms. The third-order valence-electron chi connectivity index (χ3n) is 2.26. The van der Waals surface area contributed by atoms with Crippen LogP contribution in [0.15, 0.2) is 24.5 Å². The molecule has 0 radical (unpaired) electrons. The Morgan fingerprint density at radius 3 is 2.75 bits per heavy atom. The Kier molecular flexibility index (Phi) is 2.72. The van der Waals surface area contributed by atoms with E-state index in [9.17, 15) is 4.79 Å². The number of aldehydes is 1. The molecule has 4 nitrogen and oxygen atoms in total. The molecule has 0 saturated heterocycles. The highest BCUT2D eigenvalue weighted by Crippen LogP contribution is 2.18. The van der Waals surface area contributed by atoms with Gasteiger partial charge in [-0.15, -0.1) is 0 Å². The van der Waals surface area contributed by atoms with Crippen LogP contribution in [-0.4, -0.2) is 21.2 Å². The number of hydrogen-bond acceptors (Lipinski definition) is 4. The Morgan fingerprint density at radius 2 is 2.06 bits per heavy atom. The molecule has 0 amide bonds. The van der Waals surface area contributed by atoms with Crippen molar-refractivity contribution in [2.24, 2.45) is 0 Å². The molecule has 0 aliphatic carbocycles. The van der Waals surface area contributed by atoms with E-state index in [0.29, 0.717) is 11.5 Å². The summed E-state index contributed by atoms with van der Waals surface area (Å²) in [7, 11) is 0. The summed E-state index contributed by atoms with van der Waals surface area (Å²) in [5.41, 5.74) is 3.08. The number of aryl methyl sites for hydroxylation is 2. The summed E-state index contributed by atoms with van der Waals surface area (Å²) in [4.78, 5) is 23.2. The molecule has 2 rings (SSSR count). The molecule has 2 heterocycles. The molecule has 0 aliphatic rings. The van der Waals surface area contributed by atoms with Crippen molar-refractivity contribution >= 4 is 6.29 Å². The highest BCUT2D eigenvalue weighted by atomic mass is 16.1. The van der Waals surface area contributed by atoms with E-state index in [1.165, 1.54) is 0 Å². The zero-order valence-corrected chi connectivity index (χ0v) is 9.14. The maximum Gasteiger partial charge on any atom is 0.168 e. The summed E-state index contributed by atoms with van der Waals surface area (Å²) in [5.74, 6) is 0.571. The summed E-state index contributed by atoms with van der Waals surface area (Å²) in [6.07, 6.45) is 4.17. The molecule has 2 aromatic rings. The Labute approximate surface area is 93.4 Å². The lowest BCUT2D eigenvalue weighted by Crippen LogP contribution is -1.98. The van der Waals surface area contributed by atoms with Gasteiger partial charge in [-0.05, 0) is 31.5 Å². The molecule has 0 aromatic carbocycles. The zero-order valence-electron chi connectivity index (χ0n) is 9.14. The Bertz CT molecular complexity index is 538. The van der Waals surface area contributed by atoms with Crippen molar-refractivity contribution in [3.8, 4) is 11.4 Å². The topological polar surface area (TPSA) is 55.7 Å². The largest absolute Gasteiger partial charge is 0.296 e. The van der Waals surface area contributed by atoms with Gasteiger partial charge in [-0.25, -0.2) is 9.97 Å². The second-order valence-electron chi connectivity index (χ2n) is 3.57. The van der Waals surface area contributed by atoms with E-state index in [-0.39, 0.29) is 0 Å². The fourth-order valence-corrected chi connectivity index (χ4v) is 1.50. The normalized spacial score (nSPS) is 10.1. The van der Waals surface area contributed by atoms with Gasteiger partial charge in [-0.2, -0.15) is 0 Å². The third-order valence-corrected chi connectivity index (χ3v) is 2.26. The highest BCUT2D eigenvalue weighted by Gasteiger charge is 2.06. The Hall–Kier alpha value is -2.10. The first-order valence-corrected chi connectivity index (χ1v) is 4.92. The number of aromatic nitrogens is 3. The van der Waals surface area contributed by atoms with Crippen LogP contribution in [0.1, 0.15) is 21.7 Å². The molecule has 0 bridgehead atoms. The van der Waals surface area contributed by atoms with Crippen molar-refractivity contribution in [2.45, 2.75) is 13.8 Å². The summed E-state index contributed by atoms with van der Waals surface area (Å²) in [6.45, 7) is 3.78. The molecule has 0 spiro atoms. The van der Waals surface area contributed by atoms with Crippen LogP contribution in [-0.2, 0) is 0 Å². The fraction of sp³-hybridized carbons (Fsp3) is 0.167. The van der Waals surface area contributed by atoms with E-state index in [4.69, 9.17) is 0 Å². The van der Waals surface area contributed by atoms with Crippen molar-refractivity contribution in [1.82, 2.24) is 15.0 Å². The van der Waals surface area contributed by atoms with Crippen molar-refractivity contribution in [3.05, 3.63) is 41.5 Å². The van der Waals surface area contributed by atoms with Crippen molar-refractivity contribution < 1.29 is 4.79 Å². The van der Waals surface area contributed by atoms with Crippen LogP contribution in [0.2, 0.25) is 0 Å². The van der Waals surface area contributed by atoms with E-state index in [0.717, 1.165) is 23.1 Å². The van der Waals surface area contributed by atoms with Gasteiger partial charge >= 0.3 is 0 Å². The van der Waals surface area contributed by atoms with E-state index < -0.39 is 0 Å². The second kappa shape index (κ2) is 4.18. The monoisotopic (exact) mass is 213 g/mol. The van der Waals surface area contributed by atoms with Crippen molar-refractivity contribution in [1.29, 1.82) is 0 Å². The zero-order chi connectivity index (χ0) is 11.5. The van der Waals surface area contributed by atoms with Crippen LogP contribution in [0, 0.1) is 13.8 Å². The molecule has 0 atom stereocenters. The number of carbonyl (C=O) groups excluding carboxylic acids is 1. The number of carbonyl (C=O) groups is 1. The van der Waals surface area contributed by atoms with Crippen LogP contribution in [0.4, 0.5) is 0 Å². The highest BCUT2D eigenvalue weighted by molar-refractivity contribution is 5.73. The SMILES string of the molecule is Cc1cc(C=O)nc(-c2ccncc2C)n1. The molecular formula is C12H11N3O. The van der Waals surface area contributed by atoms with Crippen LogP contribution in [0.3, 0.4) is 0 Å². The Balaban J connectivity index is 2.60. The molecule has 0 saturated carbocycles. The minimum absolute atomic E-state index is 0.402. The van der Waals surface area contributed by atoms with Gasteiger partial charge in [0.1, 0.15) is 5.69 Å². The maximum absolute atomic E-state index is 10.7. The van der Waals surface area contributed by atoms with Crippen molar-refractivity contribution in [3.63, 3.8) is 0 Å². The maximum atomic E-state index is 10.7. The molecule has 0 unspecified atom stereocenters. The molecule has 80 valence electrons. The Morgan fingerprint density at radius 1 is 1.25 bits per heavy atom. The summed E-state index contributed by atoms with van der Waals surface area (Å²) >= 11 is 0. The first-order chi connectivity index (χ1) is 7.70.